The summed E-state index contributed by atoms with van der Waals surface area (Å²) in [6.45, 7) is 6.29. The van der Waals surface area contributed by atoms with Crippen LogP contribution in [0.15, 0.2) is 29.3 Å². The quantitative estimate of drug-likeness (QED) is 0.472. The molecule has 130 valence electrons. The van der Waals surface area contributed by atoms with Crippen molar-refractivity contribution >= 4 is 17.8 Å². The first-order valence-corrected chi connectivity index (χ1v) is 8.51. The Labute approximate surface area is 143 Å². The van der Waals surface area contributed by atoms with Gasteiger partial charge in [-0.3, -0.25) is 14.5 Å². The van der Waals surface area contributed by atoms with Crippen molar-refractivity contribution in [3.05, 3.63) is 35.4 Å². The van der Waals surface area contributed by atoms with Crippen LogP contribution in [0.25, 0.3) is 0 Å². The number of guanidine groups is 1. The highest BCUT2D eigenvalue weighted by atomic mass is 16.2. The molecule has 1 heterocycles. The molecule has 24 heavy (non-hydrogen) atoms. The first-order chi connectivity index (χ1) is 11.6. The van der Waals surface area contributed by atoms with Crippen molar-refractivity contribution in [2.75, 3.05) is 19.6 Å². The van der Waals surface area contributed by atoms with E-state index in [0.717, 1.165) is 6.54 Å². The maximum Gasteiger partial charge on any atom is 0.229 e. The minimum Gasteiger partial charge on any atom is -0.357 e. The topological polar surface area (TPSA) is 73.8 Å². The van der Waals surface area contributed by atoms with E-state index in [1.165, 1.54) is 16.0 Å². The van der Waals surface area contributed by atoms with E-state index in [2.05, 4.69) is 34.7 Å². The van der Waals surface area contributed by atoms with Crippen molar-refractivity contribution in [2.45, 2.75) is 39.7 Å². The Bertz CT molecular complexity index is 597. The summed E-state index contributed by atoms with van der Waals surface area (Å²) in [4.78, 5) is 29.5. The predicted octanol–water partition coefficient (Wildman–Crippen LogP) is 1.59. The van der Waals surface area contributed by atoms with Crippen LogP contribution in [-0.2, 0) is 16.1 Å². The molecule has 1 aromatic rings. The zero-order valence-electron chi connectivity index (χ0n) is 14.5. The van der Waals surface area contributed by atoms with Gasteiger partial charge in [0, 0.05) is 32.5 Å². The van der Waals surface area contributed by atoms with Crippen molar-refractivity contribution in [3.8, 4) is 0 Å². The number of piperidine rings is 1. The Hall–Kier alpha value is -2.37. The molecular weight excluding hydrogens is 304 g/mol. The molecule has 1 fully saturated rings. The number of carbonyl (C=O) groups is 2. The molecule has 0 aromatic heterocycles. The van der Waals surface area contributed by atoms with Gasteiger partial charge in [-0.1, -0.05) is 24.3 Å². The summed E-state index contributed by atoms with van der Waals surface area (Å²) >= 11 is 0. The summed E-state index contributed by atoms with van der Waals surface area (Å²) in [6.07, 6.45) is 1.60. The zero-order chi connectivity index (χ0) is 17.4. The molecule has 0 unspecified atom stereocenters. The highest BCUT2D eigenvalue weighted by Gasteiger charge is 2.25. The number of amides is 2. The smallest absolute Gasteiger partial charge is 0.229 e. The van der Waals surface area contributed by atoms with Crippen molar-refractivity contribution in [3.63, 3.8) is 0 Å². The van der Waals surface area contributed by atoms with Crippen molar-refractivity contribution in [1.29, 1.82) is 0 Å². The SMILES string of the molecule is CCNC(=NCc1ccccc1C)NCCN1C(=O)CCCC1=O. The molecule has 6 nitrogen and oxygen atoms in total. The number of hydrogen-bond acceptors (Lipinski definition) is 3. The Kier molecular flexibility index (Phi) is 6.78. The number of likely N-dealkylation sites (tertiary alicyclic amines) is 1. The van der Waals surface area contributed by atoms with E-state index in [4.69, 9.17) is 0 Å². The lowest BCUT2D eigenvalue weighted by molar-refractivity contribution is -0.147. The molecule has 0 spiro atoms. The fraction of sp³-hybridized carbons (Fsp3) is 0.500. The minimum absolute atomic E-state index is 0.0742. The Morgan fingerprint density at radius 2 is 1.88 bits per heavy atom. The van der Waals surface area contributed by atoms with Crippen LogP contribution in [0, 0.1) is 6.92 Å². The molecule has 0 aliphatic carbocycles. The molecule has 0 atom stereocenters. The largest absolute Gasteiger partial charge is 0.357 e. The van der Waals surface area contributed by atoms with Gasteiger partial charge in [-0.2, -0.15) is 0 Å². The predicted molar refractivity (Wildman–Crippen MR) is 94.6 cm³/mol. The number of nitrogens with zero attached hydrogens (tertiary/aromatic N) is 2. The van der Waals surface area contributed by atoms with Gasteiger partial charge in [-0.25, -0.2) is 4.99 Å². The lowest BCUT2D eigenvalue weighted by atomic mass is 10.1. The van der Waals surface area contributed by atoms with Gasteiger partial charge in [-0.05, 0) is 31.4 Å². The lowest BCUT2D eigenvalue weighted by Crippen LogP contribution is -2.46. The number of imide groups is 1. The molecule has 2 amide bonds. The Morgan fingerprint density at radius 1 is 1.17 bits per heavy atom. The van der Waals surface area contributed by atoms with E-state index in [9.17, 15) is 9.59 Å². The summed E-state index contributed by atoms with van der Waals surface area (Å²) in [5, 5.41) is 6.37. The van der Waals surface area contributed by atoms with Crippen LogP contribution in [0.5, 0.6) is 0 Å². The highest BCUT2D eigenvalue weighted by Crippen LogP contribution is 2.11. The highest BCUT2D eigenvalue weighted by molar-refractivity contribution is 5.97. The third kappa shape index (κ3) is 5.08. The summed E-state index contributed by atoms with van der Waals surface area (Å²) in [5.74, 6) is 0.544. The number of carbonyl (C=O) groups excluding carboxylic acids is 2. The molecule has 2 rings (SSSR count). The van der Waals surface area contributed by atoms with Crippen LogP contribution in [0.4, 0.5) is 0 Å². The third-order valence-electron chi connectivity index (χ3n) is 4.02. The van der Waals surface area contributed by atoms with E-state index in [-0.39, 0.29) is 11.8 Å². The standard InChI is InChI=1S/C18H26N4O2/c1-3-19-18(21-13-15-8-5-4-7-14(15)2)20-11-12-22-16(23)9-6-10-17(22)24/h4-5,7-8H,3,6,9-13H2,1-2H3,(H2,19,20,21). The van der Waals surface area contributed by atoms with Gasteiger partial charge in [-0.15, -0.1) is 0 Å². The number of benzene rings is 1. The average molecular weight is 330 g/mol. The molecule has 1 aromatic carbocycles. The van der Waals surface area contributed by atoms with Crippen LogP contribution < -0.4 is 10.6 Å². The van der Waals surface area contributed by atoms with Gasteiger partial charge in [0.05, 0.1) is 6.54 Å². The van der Waals surface area contributed by atoms with Gasteiger partial charge in [0.2, 0.25) is 11.8 Å². The molecule has 1 aliphatic rings. The van der Waals surface area contributed by atoms with Gasteiger partial charge in [0.1, 0.15) is 0 Å². The van der Waals surface area contributed by atoms with Crippen LogP contribution >= 0.6 is 0 Å². The fourth-order valence-corrected chi connectivity index (χ4v) is 2.63. The Morgan fingerprint density at radius 3 is 2.54 bits per heavy atom. The Balaban J connectivity index is 1.88. The molecule has 0 saturated carbocycles. The first-order valence-electron chi connectivity index (χ1n) is 8.51. The van der Waals surface area contributed by atoms with Crippen LogP contribution in [0.1, 0.15) is 37.3 Å². The van der Waals surface area contributed by atoms with E-state index < -0.39 is 0 Å². The molecular formula is C18H26N4O2. The maximum atomic E-state index is 11.8. The summed E-state index contributed by atoms with van der Waals surface area (Å²) in [6, 6.07) is 8.15. The number of nitrogens with one attached hydrogen (secondary N) is 2. The van der Waals surface area contributed by atoms with E-state index in [0.29, 0.717) is 44.9 Å². The monoisotopic (exact) mass is 330 g/mol. The van der Waals surface area contributed by atoms with Gasteiger partial charge in [0.25, 0.3) is 0 Å². The van der Waals surface area contributed by atoms with E-state index in [1.54, 1.807) is 0 Å². The van der Waals surface area contributed by atoms with Crippen LogP contribution in [0.3, 0.4) is 0 Å². The van der Waals surface area contributed by atoms with Gasteiger partial charge < -0.3 is 10.6 Å². The first kappa shape index (κ1) is 18.0. The number of hydrogen-bond donors (Lipinski definition) is 2. The number of aliphatic imine (C=N–C) groups is 1. The number of rotatable bonds is 6. The molecule has 6 heteroatoms. The molecule has 0 radical (unpaired) electrons. The molecule has 1 saturated heterocycles. The second-order valence-corrected chi connectivity index (χ2v) is 5.84. The summed E-state index contributed by atoms with van der Waals surface area (Å²) in [7, 11) is 0. The van der Waals surface area contributed by atoms with Crippen LogP contribution in [0.2, 0.25) is 0 Å². The lowest BCUT2D eigenvalue weighted by Gasteiger charge is -2.25. The van der Waals surface area contributed by atoms with Gasteiger partial charge in [0.15, 0.2) is 5.96 Å². The van der Waals surface area contributed by atoms with E-state index >= 15 is 0 Å². The zero-order valence-corrected chi connectivity index (χ0v) is 14.5. The summed E-state index contributed by atoms with van der Waals surface area (Å²) < 4.78 is 0. The van der Waals surface area contributed by atoms with E-state index in [1.807, 2.05) is 19.1 Å². The second kappa shape index (κ2) is 9.05. The van der Waals surface area contributed by atoms with Crippen molar-refractivity contribution in [2.24, 2.45) is 4.99 Å². The third-order valence-corrected chi connectivity index (χ3v) is 4.02. The molecule has 0 bridgehead atoms. The summed E-state index contributed by atoms with van der Waals surface area (Å²) in [5.41, 5.74) is 2.39. The minimum atomic E-state index is -0.0742. The van der Waals surface area contributed by atoms with Crippen LogP contribution in [-0.4, -0.2) is 42.3 Å². The van der Waals surface area contributed by atoms with Gasteiger partial charge >= 0.3 is 0 Å². The average Bonchev–Trinajstić information content (AvgIpc) is 2.56. The maximum absolute atomic E-state index is 11.8. The fourth-order valence-electron chi connectivity index (χ4n) is 2.63. The normalized spacial score (nSPS) is 15.6. The van der Waals surface area contributed by atoms with Crippen molar-refractivity contribution in [1.82, 2.24) is 15.5 Å². The van der Waals surface area contributed by atoms with Crippen molar-refractivity contribution < 1.29 is 9.59 Å². The molecule has 2 N–H and O–H groups in total. The number of aryl methyl sites for hydroxylation is 1. The molecule has 1 aliphatic heterocycles. The second-order valence-electron chi connectivity index (χ2n) is 5.84.